The van der Waals surface area contributed by atoms with Crippen molar-refractivity contribution in [1.82, 2.24) is 9.88 Å². The third-order valence-electron chi connectivity index (χ3n) is 3.88. The van der Waals surface area contributed by atoms with E-state index in [-0.39, 0.29) is 0 Å². The maximum Gasteiger partial charge on any atom is 0.131 e. The first-order chi connectivity index (χ1) is 9.33. The summed E-state index contributed by atoms with van der Waals surface area (Å²) in [6.45, 7) is 7.86. The van der Waals surface area contributed by atoms with Crippen molar-refractivity contribution in [3.63, 3.8) is 0 Å². The van der Waals surface area contributed by atoms with Gasteiger partial charge in [0.2, 0.25) is 0 Å². The summed E-state index contributed by atoms with van der Waals surface area (Å²) in [4.78, 5) is 11.9. The Balaban J connectivity index is 1.72. The molecule has 104 valence electrons. The first-order valence-corrected chi connectivity index (χ1v) is 7.06. The van der Waals surface area contributed by atoms with Crippen molar-refractivity contribution in [2.45, 2.75) is 0 Å². The number of hydrogen-bond acceptors (Lipinski definition) is 5. The number of nitrogens with zero attached hydrogens (tertiary/aromatic N) is 4. The molecule has 0 aromatic carbocycles. The van der Waals surface area contributed by atoms with Crippen LogP contribution in [0.15, 0.2) is 18.2 Å². The van der Waals surface area contributed by atoms with Crippen LogP contribution in [0.2, 0.25) is 0 Å². The number of morpholine rings is 1. The number of hydrogen-bond donors (Lipinski definition) is 0. The Morgan fingerprint density at radius 1 is 0.895 bits per heavy atom. The van der Waals surface area contributed by atoms with E-state index in [9.17, 15) is 0 Å². The van der Waals surface area contributed by atoms with E-state index in [0.29, 0.717) is 0 Å². The maximum atomic E-state index is 5.39. The van der Waals surface area contributed by atoms with E-state index in [2.05, 4.69) is 39.9 Å². The van der Waals surface area contributed by atoms with E-state index in [0.717, 1.165) is 64.1 Å². The second kappa shape index (κ2) is 5.75. The van der Waals surface area contributed by atoms with Crippen LogP contribution in [-0.2, 0) is 4.74 Å². The van der Waals surface area contributed by atoms with Crippen LogP contribution in [0, 0.1) is 0 Å². The Morgan fingerprint density at radius 2 is 1.47 bits per heavy atom. The number of anilines is 2. The highest BCUT2D eigenvalue weighted by molar-refractivity contribution is 5.49. The minimum Gasteiger partial charge on any atom is -0.378 e. The van der Waals surface area contributed by atoms with Gasteiger partial charge < -0.3 is 19.4 Å². The molecule has 1 aromatic heterocycles. The van der Waals surface area contributed by atoms with Gasteiger partial charge in [-0.2, -0.15) is 0 Å². The summed E-state index contributed by atoms with van der Waals surface area (Å²) in [7, 11) is 2.18. The van der Waals surface area contributed by atoms with Crippen LogP contribution in [0.3, 0.4) is 0 Å². The monoisotopic (exact) mass is 262 g/mol. The fourth-order valence-electron chi connectivity index (χ4n) is 2.59. The molecule has 0 amide bonds. The summed E-state index contributed by atoms with van der Waals surface area (Å²) in [6, 6.07) is 6.34. The maximum absolute atomic E-state index is 5.39. The van der Waals surface area contributed by atoms with Gasteiger partial charge >= 0.3 is 0 Å². The van der Waals surface area contributed by atoms with Crippen molar-refractivity contribution in [2.24, 2.45) is 0 Å². The SMILES string of the molecule is CN1CCN(c2cccc(N3CCOCC3)n2)CC1. The van der Waals surface area contributed by atoms with Crippen LogP contribution in [0.1, 0.15) is 0 Å². The minimum atomic E-state index is 0.806. The number of likely N-dealkylation sites (N-methyl/N-ethyl adjacent to an activating group) is 1. The number of ether oxygens (including phenoxy) is 1. The van der Waals surface area contributed by atoms with Crippen LogP contribution in [0.5, 0.6) is 0 Å². The molecule has 5 heteroatoms. The Hall–Kier alpha value is -1.33. The van der Waals surface area contributed by atoms with Crippen LogP contribution < -0.4 is 9.80 Å². The molecule has 0 atom stereocenters. The van der Waals surface area contributed by atoms with Crippen molar-refractivity contribution in [3.05, 3.63) is 18.2 Å². The second-order valence-corrected chi connectivity index (χ2v) is 5.24. The standard InChI is InChI=1S/C14H22N4O/c1-16-5-7-17(8-6-16)13-3-2-4-14(15-13)18-9-11-19-12-10-18/h2-4H,5-12H2,1H3. The van der Waals surface area contributed by atoms with Crippen LogP contribution in [0.25, 0.3) is 0 Å². The van der Waals surface area contributed by atoms with Crippen molar-refractivity contribution in [3.8, 4) is 0 Å². The minimum absolute atomic E-state index is 0.806. The van der Waals surface area contributed by atoms with Gasteiger partial charge in [0.05, 0.1) is 13.2 Å². The Bertz CT molecular complexity index is 412. The molecule has 2 fully saturated rings. The van der Waals surface area contributed by atoms with E-state index in [1.807, 2.05) is 0 Å². The van der Waals surface area contributed by atoms with Crippen LogP contribution in [-0.4, -0.2) is 69.4 Å². The van der Waals surface area contributed by atoms with Gasteiger partial charge in [-0.05, 0) is 19.2 Å². The fourth-order valence-corrected chi connectivity index (χ4v) is 2.59. The van der Waals surface area contributed by atoms with E-state index < -0.39 is 0 Å². The summed E-state index contributed by atoms with van der Waals surface area (Å²) < 4.78 is 5.39. The lowest BCUT2D eigenvalue weighted by Gasteiger charge is -2.34. The zero-order chi connectivity index (χ0) is 13.1. The number of rotatable bonds is 2. The van der Waals surface area contributed by atoms with E-state index in [1.54, 1.807) is 0 Å². The molecule has 5 nitrogen and oxygen atoms in total. The van der Waals surface area contributed by atoms with Crippen LogP contribution in [0.4, 0.5) is 11.6 Å². The molecule has 0 N–H and O–H groups in total. The zero-order valence-electron chi connectivity index (χ0n) is 11.6. The largest absolute Gasteiger partial charge is 0.378 e. The number of pyridine rings is 1. The van der Waals surface area contributed by atoms with Gasteiger partial charge in [-0.1, -0.05) is 6.07 Å². The van der Waals surface area contributed by atoms with Crippen molar-refractivity contribution < 1.29 is 4.74 Å². The molecule has 0 radical (unpaired) electrons. The molecule has 2 aliphatic rings. The first kappa shape index (κ1) is 12.7. The van der Waals surface area contributed by atoms with Gasteiger partial charge in [0, 0.05) is 39.3 Å². The quantitative estimate of drug-likeness (QED) is 0.782. The molecule has 2 aliphatic heterocycles. The molecule has 19 heavy (non-hydrogen) atoms. The average Bonchev–Trinajstić information content (AvgIpc) is 2.49. The van der Waals surface area contributed by atoms with E-state index >= 15 is 0 Å². The second-order valence-electron chi connectivity index (χ2n) is 5.24. The lowest BCUT2D eigenvalue weighted by molar-refractivity contribution is 0.122. The van der Waals surface area contributed by atoms with Gasteiger partial charge in [-0.3, -0.25) is 0 Å². The third kappa shape index (κ3) is 2.98. The molecule has 0 unspecified atom stereocenters. The highest BCUT2D eigenvalue weighted by atomic mass is 16.5. The fraction of sp³-hybridized carbons (Fsp3) is 0.643. The lowest BCUT2D eigenvalue weighted by atomic mass is 10.3. The molecule has 0 saturated carbocycles. The molecule has 0 aliphatic carbocycles. The van der Waals surface area contributed by atoms with E-state index in [4.69, 9.17) is 9.72 Å². The van der Waals surface area contributed by atoms with Gasteiger partial charge in [0.15, 0.2) is 0 Å². The van der Waals surface area contributed by atoms with Crippen molar-refractivity contribution in [1.29, 1.82) is 0 Å². The van der Waals surface area contributed by atoms with E-state index in [1.165, 1.54) is 0 Å². The van der Waals surface area contributed by atoms with Crippen molar-refractivity contribution >= 4 is 11.6 Å². The van der Waals surface area contributed by atoms with Gasteiger partial charge in [0.25, 0.3) is 0 Å². The molecule has 0 bridgehead atoms. The molecular weight excluding hydrogens is 240 g/mol. The van der Waals surface area contributed by atoms with Gasteiger partial charge in [-0.15, -0.1) is 0 Å². The van der Waals surface area contributed by atoms with Crippen molar-refractivity contribution in [2.75, 3.05) is 69.3 Å². The smallest absolute Gasteiger partial charge is 0.131 e. The summed E-state index contributed by atoms with van der Waals surface area (Å²) in [5, 5.41) is 0. The summed E-state index contributed by atoms with van der Waals surface area (Å²) in [5.74, 6) is 2.19. The predicted molar refractivity (Wildman–Crippen MR) is 77.0 cm³/mol. The van der Waals surface area contributed by atoms with Gasteiger partial charge in [0.1, 0.15) is 11.6 Å². The zero-order valence-corrected chi connectivity index (χ0v) is 11.6. The average molecular weight is 262 g/mol. The summed E-state index contributed by atoms with van der Waals surface area (Å²) >= 11 is 0. The first-order valence-electron chi connectivity index (χ1n) is 7.06. The Morgan fingerprint density at radius 3 is 2.11 bits per heavy atom. The Kier molecular flexibility index (Phi) is 3.84. The Labute approximate surface area is 114 Å². The van der Waals surface area contributed by atoms with Crippen LogP contribution >= 0.6 is 0 Å². The number of aromatic nitrogens is 1. The molecule has 3 heterocycles. The predicted octanol–water partition coefficient (Wildman–Crippen LogP) is 0.670. The highest BCUT2D eigenvalue weighted by Crippen LogP contribution is 2.19. The third-order valence-corrected chi connectivity index (χ3v) is 3.88. The van der Waals surface area contributed by atoms with Gasteiger partial charge in [-0.25, -0.2) is 4.98 Å². The number of piperazine rings is 1. The lowest BCUT2D eigenvalue weighted by Crippen LogP contribution is -2.45. The molecule has 3 rings (SSSR count). The molecule has 1 aromatic rings. The normalized spacial score (nSPS) is 21.7. The molecule has 0 spiro atoms. The highest BCUT2D eigenvalue weighted by Gasteiger charge is 2.17. The molecular formula is C14H22N4O. The topological polar surface area (TPSA) is 31.8 Å². The molecule has 2 saturated heterocycles. The summed E-state index contributed by atoms with van der Waals surface area (Å²) in [5.41, 5.74) is 0. The summed E-state index contributed by atoms with van der Waals surface area (Å²) in [6.07, 6.45) is 0.